The van der Waals surface area contributed by atoms with Crippen LogP contribution in [0.4, 0.5) is 5.82 Å². The Kier molecular flexibility index (Phi) is 8.82. The zero-order chi connectivity index (χ0) is 29.3. The van der Waals surface area contributed by atoms with Crippen LogP contribution in [0, 0.1) is 0 Å². The van der Waals surface area contributed by atoms with Gasteiger partial charge in [0.2, 0.25) is 0 Å². The fourth-order valence-corrected chi connectivity index (χ4v) is 5.11. The van der Waals surface area contributed by atoms with Crippen molar-refractivity contribution in [2.75, 3.05) is 19.4 Å². The first-order valence-electron chi connectivity index (χ1n) is 11.8. The van der Waals surface area contributed by atoms with Crippen LogP contribution in [0.3, 0.4) is 0 Å². The van der Waals surface area contributed by atoms with Crippen molar-refractivity contribution in [3.63, 3.8) is 0 Å². The number of carbonyl (C=O) groups is 1. The number of nitrogens with zero attached hydrogens (tertiary/aromatic N) is 2. The monoisotopic (exact) mass is 571 g/mol. The van der Waals surface area contributed by atoms with Gasteiger partial charge in [-0.05, 0) is 20.0 Å². The van der Waals surface area contributed by atoms with Gasteiger partial charge in [-0.2, -0.15) is 4.98 Å². The molecule has 2 aliphatic rings. The number of carboxylic acid groups (broad SMARTS) is 1. The molecular weight excluding hydrogens is 539 g/mol. The molecule has 0 bridgehead atoms. The highest BCUT2D eigenvalue weighted by Crippen LogP contribution is 2.51. The predicted molar refractivity (Wildman–Crippen MR) is 122 cm³/mol. The number of carboxylic acids is 1. The van der Waals surface area contributed by atoms with E-state index in [-0.39, 0.29) is 5.82 Å². The number of phosphoric ester groups is 1. The van der Waals surface area contributed by atoms with Crippen LogP contribution in [-0.4, -0.2) is 119 Å². The van der Waals surface area contributed by atoms with Gasteiger partial charge in [0.1, 0.15) is 36.3 Å². The third-order valence-corrected chi connectivity index (χ3v) is 7.09. The van der Waals surface area contributed by atoms with E-state index in [0.717, 1.165) is 10.8 Å². The number of ether oxygens (including phenoxy) is 2. The zero-order valence-electron chi connectivity index (χ0n) is 20.9. The predicted octanol–water partition coefficient (Wildman–Crippen LogP) is -4.16. The molecule has 0 amide bonds. The van der Waals surface area contributed by atoms with Crippen molar-refractivity contribution < 1.29 is 64.8 Å². The molecule has 1 aromatic heterocycles. The van der Waals surface area contributed by atoms with Gasteiger partial charge in [-0.15, -0.1) is 0 Å². The Morgan fingerprint density at radius 2 is 2.11 bits per heavy atom. The average Bonchev–Trinajstić information content (AvgIpc) is 3.14. The number of nitrogens with one attached hydrogen (secondary N) is 1. The maximum absolute atomic E-state index is 12.8. The highest BCUT2D eigenvalue weighted by atomic mass is 31.2. The van der Waals surface area contributed by atoms with Gasteiger partial charge >= 0.3 is 19.5 Å². The Hall–Kier alpha value is -2.06. The van der Waals surface area contributed by atoms with Crippen LogP contribution in [0.2, 0.25) is 0 Å². The Balaban J connectivity index is 1.76. The van der Waals surface area contributed by atoms with Crippen LogP contribution in [0.25, 0.3) is 0 Å². The minimum atomic E-state index is -5.42. The molecule has 10 N–H and O–H groups in total. The summed E-state index contributed by atoms with van der Waals surface area (Å²) < 4.78 is 41.1. The second-order valence-electron chi connectivity index (χ2n) is 8.73. The van der Waals surface area contributed by atoms with Crippen molar-refractivity contribution in [1.29, 1.82) is 0 Å². The topological polar surface area (TPSA) is 286 Å². The van der Waals surface area contributed by atoms with Gasteiger partial charge in [0.15, 0.2) is 6.23 Å². The van der Waals surface area contributed by atoms with Crippen LogP contribution in [0.15, 0.2) is 17.1 Å². The van der Waals surface area contributed by atoms with Crippen molar-refractivity contribution in [1.82, 2.24) is 14.9 Å². The molecule has 38 heavy (non-hydrogen) atoms. The van der Waals surface area contributed by atoms with E-state index in [4.69, 9.17) is 25.6 Å². The second-order valence-corrected chi connectivity index (χ2v) is 10.1. The highest BCUT2D eigenvalue weighted by Gasteiger charge is 2.58. The normalized spacial score (nSPS) is 37.2. The van der Waals surface area contributed by atoms with Crippen molar-refractivity contribution >= 4 is 19.6 Å². The highest BCUT2D eigenvalue weighted by molar-refractivity contribution is 7.47. The Labute approximate surface area is 216 Å². The first-order chi connectivity index (χ1) is 18.2. The Morgan fingerprint density at radius 3 is 2.68 bits per heavy atom. The van der Waals surface area contributed by atoms with E-state index in [1.165, 1.54) is 13.1 Å². The first kappa shape index (κ1) is 28.9. The number of nitrogens with two attached hydrogens (primary N) is 1. The van der Waals surface area contributed by atoms with Gasteiger partial charge in [-0.3, -0.25) is 9.09 Å². The summed E-state index contributed by atoms with van der Waals surface area (Å²) in [6.45, 7) is -1.67. The number of rotatable bonds is 10. The summed E-state index contributed by atoms with van der Waals surface area (Å²) in [6.07, 6.45) is -13.3. The number of likely N-dealkylation sites (N-methyl/N-ethyl adjacent to an activating group) is 1. The average molecular weight is 571 g/mol. The van der Waals surface area contributed by atoms with Crippen molar-refractivity contribution in [2.24, 2.45) is 0 Å². The second kappa shape index (κ2) is 11.6. The van der Waals surface area contributed by atoms with Crippen LogP contribution in [0.1, 0.15) is 20.9 Å². The van der Waals surface area contributed by atoms with Crippen LogP contribution >= 0.6 is 7.82 Å². The van der Waals surface area contributed by atoms with Crippen LogP contribution < -0.4 is 16.7 Å². The standard InChI is InChI=1S/C19H31N4O14P/c1-7(24)12(26)15-11(21-2)8(25)5-19(36-15,17(29)30)37-38(32,33)34-6-9-13(27)14(28)16(35-9)23-4-3-10(20)22-18(23)31/h3-4,7-9,11-16,21,24-28H,5-6H2,1-2H3,(H,29,30)(H,32,33)(H2,20,22,31)/i1D. The fraction of sp³-hybridized carbons (Fsp3) is 0.737. The minimum absolute atomic E-state index is 0.116. The van der Waals surface area contributed by atoms with Gasteiger partial charge in [-0.1, -0.05) is 0 Å². The lowest BCUT2D eigenvalue weighted by molar-refractivity contribution is -0.287. The number of hydrogen-bond donors (Lipinski definition) is 9. The van der Waals surface area contributed by atoms with Gasteiger partial charge in [0.25, 0.3) is 5.79 Å². The number of aromatic nitrogens is 2. The van der Waals surface area contributed by atoms with Gasteiger partial charge in [0, 0.05) is 14.0 Å². The molecule has 2 fully saturated rings. The number of aliphatic hydroxyl groups is 5. The molecule has 11 unspecified atom stereocenters. The third-order valence-electron chi connectivity index (χ3n) is 6.09. The molecule has 11 atom stereocenters. The number of anilines is 1. The summed E-state index contributed by atoms with van der Waals surface area (Å²) in [4.78, 5) is 37.9. The number of phosphoric acid groups is 1. The molecule has 0 radical (unpaired) electrons. The molecular formula is C19H31N4O14P. The van der Waals surface area contributed by atoms with E-state index in [9.17, 15) is 49.7 Å². The molecule has 0 aliphatic carbocycles. The molecule has 2 aliphatic heterocycles. The van der Waals surface area contributed by atoms with Crippen LogP contribution in [0.5, 0.6) is 0 Å². The molecule has 0 saturated carbocycles. The molecule has 216 valence electrons. The van der Waals surface area contributed by atoms with Crippen molar-refractivity contribution in [3.05, 3.63) is 22.7 Å². The summed E-state index contributed by atoms with van der Waals surface area (Å²) in [5.41, 5.74) is 4.49. The van der Waals surface area contributed by atoms with E-state index < -0.39 is 100 Å². The Bertz CT molecular complexity index is 1130. The number of hydrogen-bond acceptors (Lipinski definition) is 15. The summed E-state index contributed by atoms with van der Waals surface area (Å²) in [6, 6.07) is 0.0437. The van der Waals surface area contributed by atoms with E-state index in [2.05, 4.69) is 10.3 Å². The van der Waals surface area contributed by atoms with E-state index in [1.807, 2.05) is 0 Å². The lowest BCUT2D eigenvalue weighted by Gasteiger charge is -2.46. The first-order valence-corrected chi connectivity index (χ1v) is 12.6. The molecule has 1 aromatic rings. The summed E-state index contributed by atoms with van der Waals surface area (Å²) in [5, 5.41) is 63.7. The smallest absolute Gasteiger partial charge is 0.475 e. The SMILES string of the molecule is [2H]CC(O)C(O)C1OC(OP(=O)(O)OCC2OC(n3ccc(N)nc3=O)C(O)C2O)(C(=O)O)CC(O)C1NC. The van der Waals surface area contributed by atoms with Gasteiger partial charge < -0.3 is 56.1 Å². The number of aliphatic hydroxyl groups excluding tert-OH is 5. The van der Waals surface area contributed by atoms with Crippen molar-refractivity contribution in [3.8, 4) is 0 Å². The molecule has 2 saturated heterocycles. The lowest BCUT2D eigenvalue weighted by atomic mass is 9.89. The Morgan fingerprint density at radius 1 is 1.42 bits per heavy atom. The van der Waals surface area contributed by atoms with Crippen LogP contribution in [-0.2, 0) is 27.9 Å². The van der Waals surface area contributed by atoms with Crippen molar-refractivity contribution in [2.45, 2.75) is 74.1 Å². The molecule has 0 spiro atoms. The summed E-state index contributed by atoms with van der Waals surface area (Å²) >= 11 is 0. The largest absolute Gasteiger partial charge is 0.477 e. The molecule has 18 nitrogen and oxygen atoms in total. The minimum Gasteiger partial charge on any atom is -0.477 e. The van der Waals surface area contributed by atoms with E-state index in [1.54, 1.807) is 0 Å². The fourth-order valence-electron chi connectivity index (χ4n) is 4.15. The van der Waals surface area contributed by atoms with E-state index >= 15 is 0 Å². The third kappa shape index (κ3) is 6.22. The number of nitrogen functional groups attached to an aromatic ring is 1. The summed E-state index contributed by atoms with van der Waals surface area (Å²) in [5.74, 6) is -5.17. The number of aliphatic carboxylic acids is 1. The quantitative estimate of drug-likeness (QED) is 0.120. The molecule has 19 heteroatoms. The zero-order valence-corrected chi connectivity index (χ0v) is 20.8. The van der Waals surface area contributed by atoms with Gasteiger partial charge in [-0.25, -0.2) is 18.7 Å². The maximum atomic E-state index is 12.8. The lowest BCUT2D eigenvalue weighted by Crippen LogP contribution is -2.66. The molecule has 0 aromatic carbocycles. The van der Waals surface area contributed by atoms with Gasteiger partial charge in [0.05, 0.1) is 24.9 Å². The molecule has 3 heterocycles. The summed E-state index contributed by atoms with van der Waals surface area (Å²) in [7, 11) is -4.08. The molecule has 3 rings (SSSR count). The van der Waals surface area contributed by atoms with E-state index in [0.29, 0.717) is 0 Å². The maximum Gasteiger partial charge on any atom is 0.475 e.